The number of pyridine rings is 1. The molecule has 0 saturated carbocycles. The lowest BCUT2D eigenvalue weighted by molar-refractivity contribution is 0.113. The zero-order valence-corrected chi connectivity index (χ0v) is 12.1. The van der Waals surface area contributed by atoms with Gasteiger partial charge in [-0.2, -0.15) is 0 Å². The molecule has 1 aromatic heterocycles. The van der Waals surface area contributed by atoms with Gasteiger partial charge in [0, 0.05) is 23.5 Å². The van der Waals surface area contributed by atoms with Crippen LogP contribution in [0.2, 0.25) is 0 Å². The SMILES string of the molecule is Cc1ccc(-c2cccc3c2OC2(C)N=CC=CC32)nc1. The minimum atomic E-state index is -0.530. The summed E-state index contributed by atoms with van der Waals surface area (Å²) in [4.78, 5) is 9.06. The van der Waals surface area contributed by atoms with Gasteiger partial charge in [-0.15, -0.1) is 0 Å². The number of hydrogen-bond donors (Lipinski definition) is 0. The van der Waals surface area contributed by atoms with Gasteiger partial charge in [0.25, 0.3) is 0 Å². The molecule has 0 fully saturated rings. The third kappa shape index (κ3) is 1.81. The summed E-state index contributed by atoms with van der Waals surface area (Å²) in [5, 5.41) is 0. The second kappa shape index (κ2) is 4.29. The Morgan fingerprint density at radius 1 is 1.19 bits per heavy atom. The van der Waals surface area contributed by atoms with E-state index >= 15 is 0 Å². The van der Waals surface area contributed by atoms with Crippen molar-refractivity contribution >= 4 is 6.21 Å². The van der Waals surface area contributed by atoms with E-state index in [1.807, 2.05) is 38.4 Å². The summed E-state index contributed by atoms with van der Waals surface area (Å²) in [6.45, 7) is 4.07. The number of hydrogen-bond acceptors (Lipinski definition) is 3. The van der Waals surface area contributed by atoms with Crippen molar-refractivity contribution in [3.05, 3.63) is 59.8 Å². The highest BCUT2D eigenvalue weighted by Crippen LogP contribution is 2.50. The molecule has 0 N–H and O–H groups in total. The first-order valence-corrected chi connectivity index (χ1v) is 7.14. The minimum absolute atomic E-state index is 0.169. The number of aliphatic imine (C=N–C) groups is 1. The van der Waals surface area contributed by atoms with E-state index in [-0.39, 0.29) is 5.92 Å². The molecule has 2 aromatic rings. The molecule has 3 nitrogen and oxygen atoms in total. The number of benzene rings is 1. The predicted octanol–water partition coefficient (Wildman–Crippen LogP) is 3.89. The zero-order valence-electron chi connectivity index (χ0n) is 12.1. The molecule has 0 spiro atoms. The molecular formula is C18H16N2O. The first-order chi connectivity index (χ1) is 10.2. The lowest BCUT2D eigenvalue weighted by Gasteiger charge is -2.26. The second-order valence-electron chi connectivity index (χ2n) is 5.74. The van der Waals surface area contributed by atoms with E-state index in [1.165, 1.54) is 5.56 Å². The van der Waals surface area contributed by atoms with Crippen LogP contribution in [0.3, 0.4) is 0 Å². The van der Waals surface area contributed by atoms with E-state index in [2.05, 4.69) is 40.3 Å². The molecule has 104 valence electrons. The number of rotatable bonds is 1. The smallest absolute Gasteiger partial charge is 0.207 e. The maximum atomic E-state index is 6.22. The van der Waals surface area contributed by atoms with E-state index in [0.29, 0.717) is 0 Å². The number of ether oxygens (including phenoxy) is 1. The molecule has 2 unspecified atom stereocenters. The number of allylic oxidation sites excluding steroid dienone is 1. The van der Waals surface area contributed by atoms with Crippen LogP contribution in [0.5, 0.6) is 5.75 Å². The Balaban J connectivity index is 1.88. The fraction of sp³-hybridized carbons (Fsp3) is 0.222. The molecule has 0 amide bonds. The van der Waals surface area contributed by atoms with Crippen molar-refractivity contribution in [3.8, 4) is 17.0 Å². The number of aromatic nitrogens is 1. The molecule has 2 atom stereocenters. The molecule has 4 rings (SSSR count). The lowest BCUT2D eigenvalue weighted by atomic mass is 9.89. The molecular weight excluding hydrogens is 260 g/mol. The lowest BCUT2D eigenvalue weighted by Crippen LogP contribution is -2.32. The van der Waals surface area contributed by atoms with Gasteiger partial charge < -0.3 is 4.74 Å². The monoisotopic (exact) mass is 276 g/mol. The van der Waals surface area contributed by atoms with Crippen LogP contribution in [0.1, 0.15) is 24.0 Å². The van der Waals surface area contributed by atoms with Gasteiger partial charge in [-0.05, 0) is 37.6 Å². The van der Waals surface area contributed by atoms with Crippen molar-refractivity contribution in [1.29, 1.82) is 0 Å². The molecule has 2 aliphatic rings. The molecule has 21 heavy (non-hydrogen) atoms. The molecule has 0 radical (unpaired) electrons. The van der Waals surface area contributed by atoms with Crippen molar-refractivity contribution in [3.63, 3.8) is 0 Å². The molecule has 0 saturated heterocycles. The van der Waals surface area contributed by atoms with E-state index in [9.17, 15) is 0 Å². The summed E-state index contributed by atoms with van der Waals surface area (Å²) < 4.78 is 6.22. The normalized spacial score (nSPS) is 25.3. The standard InChI is InChI=1S/C18H16N2O/c1-12-8-9-16(19-11-12)14-6-3-5-13-15-7-4-10-20-18(15,2)21-17(13)14/h3-11,15H,1-2H3. The highest BCUT2D eigenvalue weighted by atomic mass is 16.5. The Bertz CT molecular complexity index is 761. The van der Waals surface area contributed by atoms with Gasteiger partial charge in [0.05, 0.1) is 11.6 Å². The highest BCUT2D eigenvalue weighted by molar-refractivity contribution is 5.76. The summed E-state index contributed by atoms with van der Waals surface area (Å²) in [6.07, 6.45) is 7.84. The Morgan fingerprint density at radius 3 is 2.90 bits per heavy atom. The Labute approximate surface area is 124 Å². The molecule has 0 bridgehead atoms. The number of fused-ring (bicyclic) bond motifs is 3. The average Bonchev–Trinajstić information content (AvgIpc) is 2.80. The van der Waals surface area contributed by atoms with Gasteiger partial charge >= 0.3 is 0 Å². The van der Waals surface area contributed by atoms with Crippen LogP contribution < -0.4 is 4.74 Å². The van der Waals surface area contributed by atoms with Gasteiger partial charge in [0.1, 0.15) is 5.75 Å². The summed E-state index contributed by atoms with van der Waals surface area (Å²) in [7, 11) is 0. The largest absolute Gasteiger partial charge is 0.464 e. The fourth-order valence-electron chi connectivity index (χ4n) is 3.04. The maximum absolute atomic E-state index is 6.22. The number of nitrogens with zero attached hydrogens (tertiary/aromatic N) is 2. The molecule has 1 aromatic carbocycles. The van der Waals surface area contributed by atoms with Crippen molar-refractivity contribution in [1.82, 2.24) is 4.98 Å². The zero-order chi connectivity index (χ0) is 14.4. The van der Waals surface area contributed by atoms with Gasteiger partial charge in [-0.3, -0.25) is 4.98 Å². The molecule has 2 aliphatic heterocycles. The number of dihydropyridines is 1. The van der Waals surface area contributed by atoms with Gasteiger partial charge in [-0.25, -0.2) is 4.99 Å². The Morgan fingerprint density at radius 2 is 2.10 bits per heavy atom. The predicted molar refractivity (Wildman–Crippen MR) is 83.8 cm³/mol. The van der Waals surface area contributed by atoms with Crippen LogP contribution in [-0.2, 0) is 0 Å². The summed E-state index contributed by atoms with van der Waals surface area (Å²) in [5.74, 6) is 1.08. The summed E-state index contributed by atoms with van der Waals surface area (Å²) >= 11 is 0. The van der Waals surface area contributed by atoms with Crippen LogP contribution in [0.25, 0.3) is 11.3 Å². The van der Waals surface area contributed by atoms with E-state index in [1.54, 1.807) is 0 Å². The first kappa shape index (κ1) is 12.3. The van der Waals surface area contributed by atoms with Crippen molar-refractivity contribution in [2.24, 2.45) is 4.99 Å². The van der Waals surface area contributed by atoms with Gasteiger partial charge in [0.2, 0.25) is 5.72 Å². The minimum Gasteiger partial charge on any atom is -0.464 e. The maximum Gasteiger partial charge on any atom is 0.207 e. The summed E-state index contributed by atoms with van der Waals surface area (Å²) in [6, 6.07) is 10.4. The molecule has 0 aliphatic carbocycles. The Kier molecular flexibility index (Phi) is 2.52. The third-order valence-corrected chi connectivity index (χ3v) is 4.17. The van der Waals surface area contributed by atoms with Crippen molar-refractivity contribution in [2.45, 2.75) is 25.5 Å². The second-order valence-corrected chi connectivity index (χ2v) is 5.74. The van der Waals surface area contributed by atoms with E-state index < -0.39 is 5.72 Å². The quantitative estimate of drug-likeness (QED) is 0.792. The van der Waals surface area contributed by atoms with Crippen LogP contribution >= 0.6 is 0 Å². The molecule has 3 heteroatoms. The van der Waals surface area contributed by atoms with Gasteiger partial charge in [-0.1, -0.05) is 24.3 Å². The Hall–Kier alpha value is -2.42. The van der Waals surface area contributed by atoms with Crippen molar-refractivity contribution in [2.75, 3.05) is 0 Å². The average molecular weight is 276 g/mol. The summed E-state index contributed by atoms with van der Waals surface area (Å²) in [5.41, 5.74) is 3.78. The first-order valence-electron chi connectivity index (χ1n) is 7.14. The van der Waals surface area contributed by atoms with E-state index in [4.69, 9.17) is 4.74 Å². The van der Waals surface area contributed by atoms with Crippen molar-refractivity contribution < 1.29 is 4.74 Å². The van der Waals surface area contributed by atoms with Crippen LogP contribution in [0.4, 0.5) is 0 Å². The highest BCUT2D eigenvalue weighted by Gasteiger charge is 2.45. The topological polar surface area (TPSA) is 34.5 Å². The van der Waals surface area contributed by atoms with Crippen LogP contribution in [0.15, 0.2) is 53.7 Å². The fourth-order valence-corrected chi connectivity index (χ4v) is 3.04. The van der Waals surface area contributed by atoms with E-state index in [0.717, 1.165) is 22.6 Å². The van der Waals surface area contributed by atoms with Crippen LogP contribution in [0, 0.1) is 6.92 Å². The van der Waals surface area contributed by atoms with Crippen LogP contribution in [-0.4, -0.2) is 16.9 Å². The molecule has 3 heterocycles. The van der Waals surface area contributed by atoms with Gasteiger partial charge in [0.15, 0.2) is 0 Å². The number of aryl methyl sites for hydroxylation is 1. The number of para-hydroxylation sites is 1. The third-order valence-electron chi connectivity index (χ3n) is 4.17.